The largest absolute Gasteiger partial charge is 0.455 e. The van der Waals surface area contributed by atoms with Crippen molar-refractivity contribution in [2.24, 2.45) is 7.05 Å². The van der Waals surface area contributed by atoms with Gasteiger partial charge in [-0.1, -0.05) is 18.2 Å². The molecule has 3 aromatic carbocycles. The number of nitrogens with one attached hydrogen (secondary N) is 2. The lowest BCUT2D eigenvalue weighted by molar-refractivity contribution is 0.0538. The zero-order valence-electron chi connectivity index (χ0n) is 21.4. The summed E-state index contributed by atoms with van der Waals surface area (Å²) >= 11 is 0. The van der Waals surface area contributed by atoms with E-state index >= 15 is 0 Å². The molecule has 0 saturated heterocycles. The minimum absolute atomic E-state index is 0.0699. The van der Waals surface area contributed by atoms with E-state index in [-0.39, 0.29) is 17.4 Å². The number of hydroxylamine groups is 1. The van der Waals surface area contributed by atoms with Gasteiger partial charge in [0.2, 0.25) is 0 Å². The Hall–Kier alpha value is -4.43. The molecule has 0 aliphatic carbocycles. The number of nitrogens with zero attached hydrogens (tertiary/aromatic N) is 2. The van der Waals surface area contributed by atoms with Gasteiger partial charge in [-0.25, -0.2) is 5.48 Å². The van der Waals surface area contributed by atoms with Crippen molar-refractivity contribution in [3.63, 3.8) is 0 Å². The maximum atomic E-state index is 13.5. The quantitative estimate of drug-likeness (QED) is 0.304. The summed E-state index contributed by atoms with van der Waals surface area (Å²) in [4.78, 5) is 30.8. The Morgan fingerprint density at radius 3 is 2.68 bits per heavy atom. The molecule has 188 valence electrons. The standard InChI is InChI=1S/C29H28N4O4/c1-16-12-22(18(3)30-25-9-7-6-8-21(25)29(35)32-36-5)28-23(13-16)26(34)17(2)27(37-28)19-10-11-24-20(14-19)15-33(4)31-24/h6-15,18,30H,1-5H3,(H,32,35). The summed E-state index contributed by atoms with van der Waals surface area (Å²) in [5, 5.41) is 9.34. The van der Waals surface area contributed by atoms with Crippen molar-refractivity contribution in [2.45, 2.75) is 26.8 Å². The third-order valence-corrected chi connectivity index (χ3v) is 6.48. The average molecular weight is 497 g/mol. The van der Waals surface area contributed by atoms with E-state index in [2.05, 4.69) is 15.9 Å². The summed E-state index contributed by atoms with van der Waals surface area (Å²) in [5.74, 6) is 0.169. The number of hydrogen-bond acceptors (Lipinski definition) is 6. The molecule has 8 heteroatoms. The van der Waals surface area contributed by atoms with E-state index < -0.39 is 0 Å². The Kier molecular flexibility index (Phi) is 6.27. The average Bonchev–Trinajstić information content (AvgIpc) is 3.25. The van der Waals surface area contributed by atoms with Crippen molar-refractivity contribution in [3.8, 4) is 11.3 Å². The van der Waals surface area contributed by atoms with E-state index in [1.165, 1.54) is 7.11 Å². The lowest BCUT2D eigenvalue weighted by Crippen LogP contribution is -2.23. The summed E-state index contributed by atoms with van der Waals surface area (Å²) in [6, 6.07) is 16.6. The first-order chi connectivity index (χ1) is 17.8. The molecular formula is C29H28N4O4. The van der Waals surface area contributed by atoms with E-state index in [9.17, 15) is 9.59 Å². The fourth-order valence-corrected chi connectivity index (χ4v) is 4.72. The topological polar surface area (TPSA) is 98.4 Å². The molecule has 5 rings (SSSR count). The number of fused-ring (bicyclic) bond motifs is 2. The van der Waals surface area contributed by atoms with E-state index in [4.69, 9.17) is 9.25 Å². The first kappa shape index (κ1) is 24.3. The summed E-state index contributed by atoms with van der Waals surface area (Å²) < 4.78 is 8.27. The van der Waals surface area contributed by atoms with Crippen molar-refractivity contribution in [3.05, 3.63) is 93.3 Å². The van der Waals surface area contributed by atoms with Gasteiger partial charge in [-0.3, -0.25) is 19.1 Å². The monoisotopic (exact) mass is 496 g/mol. The van der Waals surface area contributed by atoms with Gasteiger partial charge >= 0.3 is 0 Å². The van der Waals surface area contributed by atoms with Gasteiger partial charge in [-0.15, -0.1) is 0 Å². The van der Waals surface area contributed by atoms with Crippen molar-refractivity contribution in [1.29, 1.82) is 0 Å². The lowest BCUT2D eigenvalue weighted by Gasteiger charge is -2.20. The van der Waals surface area contributed by atoms with Crippen LogP contribution < -0.4 is 16.2 Å². The van der Waals surface area contributed by atoms with Crippen LogP contribution in [0.25, 0.3) is 33.2 Å². The third-order valence-electron chi connectivity index (χ3n) is 6.48. The number of hydrogen-bond donors (Lipinski definition) is 2. The molecule has 0 aliphatic rings. The van der Waals surface area contributed by atoms with Gasteiger partial charge < -0.3 is 9.73 Å². The summed E-state index contributed by atoms with van der Waals surface area (Å²) in [5.41, 5.74) is 7.88. The van der Waals surface area contributed by atoms with Crippen molar-refractivity contribution in [1.82, 2.24) is 15.3 Å². The molecule has 2 N–H and O–H groups in total. The van der Waals surface area contributed by atoms with Gasteiger partial charge in [0.15, 0.2) is 5.43 Å². The minimum Gasteiger partial charge on any atom is -0.455 e. The molecule has 0 saturated carbocycles. The summed E-state index contributed by atoms with van der Waals surface area (Å²) in [6.45, 7) is 5.72. The highest BCUT2D eigenvalue weighted by Crippen LogP contribution is 2.33. The number of rotatable bonds is 6. The van der Waals surface area contributed by atoms with Crippen molar-refractivity contribution in [2.75, 3.05) is 12.4 Å². The van der Waals surface area contributed by atoms with Crippen LogP contribution in [0.1, 0.15) is 40.0 Å². The van der Waals surface area contributed by atoms with Gasteiger partial charge in [0.25, 0.3) is 5.91 Å². The summed E-state index contributed by atoms with van der Waals surface area (Å²) in [6.07, 6.45) is 1.94. The Morgan fingerprint density at radius 2 is 1.89 bits per heavy atom. The molecule has 37 heavy (non-hydrogen) atoms. The highest BCUT2D eigenvalue weighted by molar-refractivity contribution is 5.99. The number of amides is 1. The van der Waals surface area contributed by atoms with E-state index in [1.807, 2.05) is 69.6 Å². The Labute approximate surface area is 213 Å². The highest BCUT2D eigenvalue weighted by Gasteiger charge is 2.20. The van der Waals surface area contributed by atoms with Gasteiger partial charge in [-0.2, -0.15) is 5.10 Å². The lowest BCUT2D eigenvalue weighted by atomic mass is 9.98. The van der Waals surface area contributed by atoms with Crippen LogP contribution >= 0.6 is 0 Å². The first-order valence-corrected chi connectivity index (χ1v) is 12.0. The molecule has 5 aromatic rings. The number of carbonyl (C=O) groups is 1. The van der Waals surface area contributed by atoms with E-state index in [0.29, 0.717) is 33.5 Å². The smallest absolute Gasteiger partial charge is 0.276 e. The molecule has 1 atom stereocenters. The van der Waals surface area contributed by atoms with Crippen LogP contribution in [-0.4, -0.2) is 22.8 Å². The zero-order valence-corrected chi connectivity index (χ0v) is 21.4. The molecule has 2 aromatic heterocycles. The predicted molar refractivity (Wildman–Crippen MR) is 145 cm³/mol. The van der Waals surface area contributed by atoms with Crippen molar-refractivity contribution >= 4 is 33.5 Å². The number of aromatic nitrogens is 2. The summed E-state index contributed by atoms with van der Waals surface area (Å²) in [7, 11) is 3.27. The highest BCUT2D eigenvalue weighted by atomic mass is 16.6. The number of benzene rings is 3. The van der Waals surface area contributed by atoms with Gasteiger partial charge in [0.1, 0.15) is 11.3 Å². The second kappa shape index (κ2) is 9.55. The first-order valence-electron chi connectivity index (χ1n) is 12.0. The maximum absolute atomic E-state index is 13.5. The Morgan fingerprint density at radius 1 is 1.11 bits per heavy atom. The molecule has 0 fully saturated rings. The molecule has 8 nitrogen and oxygen atoms in total. The van der Waals surface area contributed by atoms with Gasteiger partial charge in [0, 0.05) is 41.0 Å². The van der Waals surface area contributed by atoms with E-state index in [1.54, 1.807) is 23.7 Å². The second-order valence-electron chi connectivity index (χ2n) is 9.24. The maximum Gasteiger partial charge on any atom is 0.276 e. The number of anilines is 1. The zero-order chi connectivity index (χ0) is 26.3. The molecular weight excluding hydrogens is 468 g/mol. The number of para-hydroxylation sites is 1. The van der Waals surface area contributed by atoms with Crippen molar-refractivity contribution < 1.29 is 14.0 Å². The van der Waals surface area contributed by atoms with Crippen LogP contribution in [0.5, 0.6) is 0 Å². The normalized spacial score (nSPS) is 12.1. The molecule has 1 amide bonds. The number of carbonyl (C=O) groups excluding carboxylic acids is 1. The Balaban J connectivity index is 1.63. The fourth-order valence-electron chi connectivity index (χ4n) is 4.72. The van der Waals surface area contributed by atoms with Crippen LogP contribution in [0.2, 0.25) is 0 Å². The second-order valence-corrected chi connectivity index (χ2v) is 9.24. The van der Waals surface area contributed by atoms with Gasteiger partial charge in [0.05, 0.1) is 29.6 Å². The molecule has 1 unspecified atom stereocenters. The Bertz CT molecular complexity index is 1720. The predicted octanol–water partition coefficient (Wildman–Crippen LogP) is 5.43. The molecule has 0 bridgehead atoms. The van der Waals surface area contributed by atoms with Crippen LogP contribution in [0, 0.1) is 13.8 Å². The molecule has 0 spiro atoms. The molecule has 0 aliphatic heterocycles. The SMILES string of the molecule is CONC(=O)c1ccccc1NC(C)c1cc(C)cc2c(=O)c(C)c(-c3ccc4nn(C)cc4c3)oc12. The van der Waals surface area contributed by atoms with Gasteiger partial charge in [-0.05, 0) is 62.7 Å². The minimum atomic E-state index is -0.359. The fraction of sp³-hybridized carbons (Fsp3) is 0.207. The van der Waals surface area contributed by atoms with Crippen LogP contribution in [0.4, 0.5) is 5.69 Å². The van der Waals surface area contributed by atoms with Crippen LogP contribution in [-0.2, 0) is 11.9 Å². The number of aryl methyl sites for hydroxylation is 2. The third kappa shape index (κ3) is 4.47. The molecule has 0 radical (unpaired) electrons. The molecule has 2 heterocycles. The van der Waals surface area contributed by atoms with Crippen LogP contribution in [0.3, 0.4) is 0 Å². The van der Waals surface area contributed by atoms with Crippen LogP contribution in [0.15, 0.2) is 70.0 Å². The van der Waals surface area contributed by atoms with E-state index in [0.717, 1.165) is 27.6 Å².